The first-order valence-corrected chi connectivity index (χ1v) is 8.11. The van der Waals surface area contributed by atoms with Gasteiger partial charge in [0.2, 0.25) is 11.8 Å². The number of nitrogens with zero attached hydrogens (tertiary/aromatic N) is 1. The third kappa shape index (κ3) is 3.12. The number of hydrogen-bond acceptors (Lipinski definition) is 2. The average molecular weight is 351 g/mol. The van der Waals surface area contributed by atoms with Crippen LogP contribution in [-0.4, -0.2) is 36.3 Å². The van der Waals surface area contributed by atoms with Gasteiger partial charge in [0.25, 0.3) is 0 Å². The van der Waals surface area contributed by atoms with E-state index in [4.69, 9.17) is 0 Å². The molecular formula is C16H19BrN2O2. The average Bonchev–Trinajstić information content (AvgIpc) is 3.32. The van der Waals surface area contributed by atoms with Crippen molar-refractivity contribution in [3.63, 3.8) is 0 Å². The zero-order valence-corrected chi connectivity index (χ0v) is 13.6. The molecule has 0 spiro atoms. The number of rotatable bonds is 5. The number of carbonyl (C=O) groups excluding carboxylic acids is 2. The van der Waals surface area contributed by atoms with E-state index in [1.165, 1.54) is 0 Å². The van der Waals surface area contributed by atoms with Crippen LogP contribution in [0.4, 0.5) is 0 Å². The highest BCUT2D eigenvalue weighted by atomic mass is 79.9. The molecule has 0 heterocycles. The van der Waals surface area contributed by atoms with Crippen LogP contribution in [-0.2, 0) is 15.0 Å². The van der Waals surface area contributed by atoms with Gasteiger partial charge in [0.15, 0.2) is 0 Å². The Morgan fingerprint density at radius 2 is 2.10 bits per heavy atom. The Bertz CT molecular complexity index is 579. The smallest absolute Gasteiger partial charge is 0.239 e. The van der Waals surface area contributed by atoms with Gasteiger partial charge in [-0.25, -0.2) is 0 Å². The summed E-state index contributed by atoms with van der Waals surface area (Å²) in [7, 11) is 1.72. The SMILES string of the molecule is CN(CC(=O)NC1CC1)C(=O)C1(c2cccc(Br)c2)CC1. The number of carbonyl (C=O) groups is 2. The molecule has 21 heavy (non-hydrogen) atoms. The summed E-state index contributed by atoms with van der Waals surface area (Å²) in [5.41, 5.74) is 0.620. The molecule has 0 saturated heterocycles. The molecule has 1 N–H and O–H groups in total. The molecule has 2 aliphatic carbocycles. The molecule has 2 amide bonds. The van der Waals surface area contributed by atoms with Crippen LogP contribution < -0.4 is 5.32 Å². The molecular weight excluding hydrogens is 332 g/mol. The Morgan fingerprint density at radius 3 is 2.67 bits per heavy atom. The molecule has 4 nitrogen and oxygen atoms in total. The predicted octanol–water partition coefficient (Wildman–Crippen LogP) is 2.22. The summed E-state index contributed by atoms with van der Waals surface area (Å²) in [6.45, 7) is 0.144. The van der Waals surface area contributed by atoms with Crippen molar-refractivity contribution in [3.05, 3.63) is 34.3 Å². The van der Waals surface area contributed by atoms with Crippen LogP contribution in [0.1, 0.15) is 31.2 Å². The lowest BCUT2D eigenvalue weighted by atomic mass is 9.94. The van der Waals surface area contributed by atoms with Crippen LogP contribution in [0.25, 0.3) is 0 Å². The van der Waals surface area contributed by atoms with Gasteiger partial charge in [-0.15, -0.1) is 0 Å². The van der Waals surface area contributed by atoms with Crippen molar-refractivity contribution in [2.45, 2.75) is 37.1 Å². The van der Waals surface area contributed by atoms with Gasteiger partial charge in [-0.3, -0.25) is 9.59 Å². The molecule has 0 radical (unpaired) electrons. The Hall–Kier alpha value is -1.36. The van der Waals surface area contributed by atoms with Crippen LogP contribution in [0.15, 0.2) is 28.7 Å². The Kier molecular flexibility index (Phi) is 3.78. The molecule has 1 aromatic carbocycles. The maximum atomic E-state index is 12.7. The van der Waals surface area contributed by atoms with Crippen molar-refractivity contribution in [1.29, 1.82) is 0 Å². The lowest BCUT2D eigenvalue weighted by molar-refractivity contribution is -0.136. The number of amides is 2. The molecule has 2 aliphatic rings. The number of nitrogens with one attached hydrogen (secondary N) is 1. The minimum Gasteiger partial charge on any atom is -0.352 e. The molecule has 1 aromatic rings. The van der Waals surface area contributed by atoms with E-state index >= 15 is 0 Å². The summed E-state index contributed by atoms with van der Waals surface area (Å²) in [6.07, 6.45) is 3.84. The number of benzene rings is 1. The summed E-state index contributed by atoms with van der Waals surface area (Å²) in [6, 6.07) is 8.24. The lowest BCUT2D eigenvalue weighted by Gasteiger charge is -2.23. The summed E-state index contributed by atoms with van der Waals surface area (Å²) in [4.78, 5) is 26.1. The standard InChI is InChI=1S/C16H19BrN2O2/c1-19(10-14(20)18-13-5-6-13)15(21)16(7-8-16)11-3-2-4-12(17)9-11/h2-4,9,13H,5-8,10H2,1H3,(H,18,20). The zero-order valence-electron chi connectivity index (χ0n) is 12.1. The summed E-state index contributed by atoms with van der Waals surface area (Å²) in [5, 5.41) is 2.92. The number of likely N-dealkylation sites (N-methyl/N-ethyl adjacent to an activating group) is 1. The van der Waals surface area contributed by atoms with Crippen LogP contribution in [0.3, 0.4) is 0 Å². The van der Waals surface area contributed by atoms with Crippen LogP contribution in [0.5, 0.6) is 0 Å². The van der Waals surface area contributed by atoms with E-state index in [9.17, 15) is 9.59 Å². The largest absolute Gasteiger partial charge is 0.352 e. The molecule has 0 bridgehead atoms. The summed E-state index contributed by atoms with van der Waals surface area (Å²) < 4.78 is 0.980. The number of hydrogen-bond donors (Lipinski definition) is 1. The second kappa shape index (κ2) is 5.44. The molecule has 0 atom stereocenters. The van der Waals surface area contributed by atoms with Crippen molar-refractivity contribution in [3.8, 4) is 0 Å². The van der Waals surface area contributed by atoms with Gasteiger partial charge < -0.3 is 10.2 Å². The first-order valence-electron chi connectivity index (χ1n) is 7.32. The Labute approximate surface area is 133 Å². The third-order valence-corrected chi connectivity index (χ3v) is 4.70. The molecule has 0 aromatic heterocycles. The first-order chi connectivity index (χ1) is 10.0. The summed E-state index contributed by atoms with van der Waals surface area (Å²) in [5.74, 6) is -0.00932. The van der Waals surface area contributed by atoms with E-state index in [1.807, 2.05) is 24.3 Å². The monoisotopic (exact) mass is 350 g/mol. The van der Waals surface area contributed by atoms with Gasteiger partial charge in [0.05, 0.1) is 12.0 Å². The number of halogens is 1. The van der Waals surface area contributed by atoms with Crippen molar-refractivity contribution in [1.82, 2.24) is 10.2 Å². The maximum absolute atomic E-state index is 12.7. The van der Waals surface area contributed by atoms with Gasteiger partial charge in [-0.1, -0.05) is 28.1 Å². The highest BCUT2D eigenvalue weighted by Gasteiger charge is 2.52. The lowest BCUT2D eigenvalue weighted by Crippen LogP contribution is -2.43. The van der Waals surface area contributed by atoms with Crippen LogP contribution in [0.2, 0.25) is 0 Å². The van der Waals surface area contributed by atoms with E-state index in [1.54, 1.807) is 11.9 Å². The highest BCUT2D eigenvalue weighted by molar-refractivity contribution is 9.10. The van der Waals surface area contributed by atoms with Crippen molar-refractivity contribution in [2.24, 2.45) is 0 Å². The maximum Gasteiger partial charge on any atom is 0.239 e. The molecule has 2 saturated carbocycles. The Balaban J connectivity index is 1.67. The molecule has 5 heteroatoms. The Morgan fingerprint density at radius 1 is 1.38 bits per heavy atom. The third-order valence-electron chi connectivity index (χ3n) is 4.21. The normalized spacial score (nSPS) is 19.0. The van der Waals surface area contributed by atoms with Crippen LogP contribution in [0, 0.1) is 0 Å². The molecule has 0 aliphatic heterocycles. The van der Waals surface area contributed by atoms with Crippen molar-refractivity contribution < 1.29 is 9.59 Å². The van der Waals surface area contributed by atoms with Gasteiger partial charge in [-0.05, 0) is 43.4 Å². The second-order valence-corrected chi connectivity index (χ2v) is 7.01. The van der Waals surface area contributed by atoms with Crippen molar-refractivity contribution in [2.75, 3.05) is 13.6 Å². The van der Waals surface area contributed by atoms with Crippen molar-refractivity contribution >= 4 is 27.7 Å². The quantitative estimate of drug-likeness (QED) is 0.884. The minimum atomic E-state index is -0.418. The first kappa shape index (κ1) is 14.6. The molecule has 112 valence electrons. The van der Waals surface area contributed by atoms with Crippen LogP contribution >= 0.6 is 15.9 Å². The predicted molar refractivity (Wildman–Crippen MR) is 83.9 cm³/mol. The minimum absolute atomic E-state index is 0.0477. The van der Waals surface area contributed by atoms with E-state index in [-0.39, 0.29) is 18.4 Å². The van der Waals surface area contributed by atoms with Gasteiger partial charge in [-0.2, -0.15) is 0 Å². The topological polar surface area (TPSA) is 49.4 Å². The van der Waals surface area contributed by atoms with Gasteiger partial charge in [0.1, 0.15) is 0 Å². The van der Waals surface area contributed by atoms with E-state index < -0.39 is 5.41 Å². The molecule has 0 unspecified atom stereocenters. The fraction of sp³-hybridized carbons (Fsp3) is 0.500. The van der Waals surface area contributed by atoms with E-state index in [2.05, 4.69) is 21.2 Å². The van der Waals surface area contributed by atoms with Gasteiger partial charge >= 0.3 is 0 Å². The van der Waals surface area contributed by atoms with E-state index in [0.29, 0.717) is 6.04 Å². The zero-order chi connectivity index (χ0) is 15.0. The molecule has 3 rings (SSSR count). The van der Waals surface area contributed by atoms with E-state index in [0.717, 1.165) is 35.7 Å². The fourth-order valence-corrected chi connectivity index (χ4v) is 3.09. The van der Waals surface area contributed by atoms with Gasteiger partial charge in [0, 0.05) is 17.6 Å². The molecule has 2 fully saturated rings. The highest BCUT2D eigenvalue weighted by Crippen LogP contribution is 2.49. The summed E-state index contributed by atoms with van der Waals surface area (Å²) >= 11 is 3.45. The second-order valence-electron chi connectivity index (χ2n) is 6.10. The fourth-order valence-electron chi connectivity index (χ4n) is 2.69.